The number of ether oxygens (including phenoxy) is 1. The van der Waals surface area contributed by atoms with Crippen LogP contribution < -0.4 is 4.74 Å². The summed E-state index contributed by atoms with van der Waals surface area (Å²) in [6, 6.07) is 17.9. The van der Waals surface area contributed by atoms with Gasteiger partial charge in [0, 0.05) is 5.75 Å². The fourth-order valence-corrected chi connectivity index (χ4v) is 3.96. The van der Waals surface area contributed by atoms with Gasteiger partial charge in [0.25, 0.3) is 0 Å². The molecule has 0 atom stereocenters. The molecule has 1 aliphatic rings. The van der Waals surface area contributed by atoms with Crippen LogP contribution in [0.15, 0.2) is 77.4 Å². The SMILES string of the molecule is COc1ccc(/C=C/C=C2/N=C(SCc3ccccc3)SC2=O)cc1. The summed E-state index contributed by atoms with van der Waals surface area (Å²) in [5.41, 5.74) is 2.75. The van der Waals surface area contributed by atoms with Gasteiger partial charge in [0.2, 0.25) is 5.12 Å². The van der Waals surface area contributed by atoms with Crippen molar-refractivity contribution in [2.75, 3.05) is 7.11 Å². The fourth-order valence-electron chi connectivity index (χ4n) is 2.15. The van der Waals surface area contributed by atoms with E-state index in [0.717, 1.165) is 21.4 Å². The second kappa shape index (κ2) is 8.74. The Morgan fingerprint density at radius 1 is 1.12 bits per heavy atom. The number of allylic oxidation sites excluding steroid dienone is 2. The lowest BCUT2D eigenvalue weighted by Crippen LogP contribution is -1.87. The summed E-state index contributed by atoms with van der Waals surface area (Å²) >= 11 is 2.79. The van der Waals surface area contributed by atoms with E-state index in [1.165, 1.54) is 17.3 Å². The summed E-state index contributed by atoms with van der Waals surface area (Å²) in [5.74, 6) is 1.64. The van der Waals surface area contributed by atoms with Crippen LogP contribution in [0.5, 0.6) is 5.75 Å². The van der Waals surface area contributed by atoms with Gasteiger partial charge >= 0.3 is 0 Å². The van der Waals surface area contributed by atoms with Crippen molar-refractivity contribution in [3.8, 4) is 5.75 Å². The third-order valence-electron chi connectivity index (χ3n) is 3.46. The van der Waals surface area contributed by atoms with Crippen LogP contribution in [0.25, 0.3) is 6.08 Å². The van der Waals surface area contributed by atoms with E-state index in [4.69, 9.17) is 4.74 Å². The standard InChI is InChI=1S/C20H17NO2S2/c1-23-17-12-10-15(11-13-17)8-5-9-18-19(22)25-20(21-18)24-14-16-6-3-2-4-7-16/h2-13H,14H2,1H3/b8-5+,18-9+. The highest BCUT2D eigenvalue weighted by molar-refractivity contribution is 8.45. The Kier molecular flexibility index (Phi) is 6.14. The van der Waals surface area contributed by atoms with E-state index in [0.29, 0.717) is 5.70 Å². The van der Waals surface area contributed by atoms with Gasteiger partial charge in [-0.3, -0.25) is 4.79 Å². The zero-order valence-electron chi connectivity index (χ0n) is 13.7. The molecule has 2 aromatic rings. The first-order chi connectivity index (χ1) is 12.2. The molecule has 25 heavy (non-hydrogen) atoms. The molecule has 0 unspecified atom stereocenters. The molecule has 0 saturated heterocycles. The molecule has 0 N–H and O–H groups in total. The average molecular weight is 367 g/mol. The smallest absolute Gasteiger partial charge is 0.244 e. The predicted molar refractivity (Wildman–Crippen MR) is 108 cm³/mol. The second-order valence-electron chi connectivity index (χ2n) is 5.23. The molecule has 0 saturated carbocycles. The molecule has 1 heterocycles. The molecular weight excluding hydrogens is 350 g/mol. The Morgan fingerprint density at radius 2 is 1.88 bits per heavy atom. The molecule has 0 fully saturated rings. The van der Waals surface area contributed by atoms with Crippen LogP contribution in [0.1, 0.15) is 11.1 Å². The summed E-state index contributed by atoms with van der Waals surface area (Å²) in [4.78, 5) is 16.5. The molecule has 0 aliphatic carbocycles. The summed E-state index contributed by atoms with van der Waals surface area (Å²) < 4.78 is 5.94. The lowest BCUT2D eigenvalue weighted by Gasteiger charge is -1.98. The van der Waals surface area contributed by atoms with Crippen molar-refractivity contribution in [2.24, 2.45) is 4.99 Å². The number of carbonyl (C=O) groups is 1. The summed E-state index contributed by atoms with van der Waals surface area (Å²) in [5, 5.41) is -0.00468. The molecule has 0 amide bonds. The monoisotopic (exact) mass is 367 g/mol. The number of nitrogens with zero attached hydrogens (tertiary/aromatic N) is 1. The first-order valence-electron chi connectivity index (χ1n) is 7.74. The highest BCUT2D eigenvalue weighted by Gasteiger charge is 2.21. The maximum Gasteiger partial charge on any atom is 0.244 e. The van der Waals surface area contributed by atoms with Gasteiger partial charge in [-0.1, -0.05) is 66.4 Å². The van der Waals surface area contributed by atoms with Crippen molar-refractivity contribution in [1.29, 1.82) is 0 Å². The van der Waals surface area contributed by atoms with Crippen LogP contribution in [0.4, 0.5) is 0 Å². The van der Waals surface area contributed by atoms with Gasteiger partial charge < -0.3 is 4.74 Å². The molecule has 126 valence electrons. The van der Waals surface area contributed by atoms with Crippen molar-refractivity contribution in [3.05, 3.63) is 83.6 Å². The number of thioether (sulfide) groups is 2. The van der Waals surface area contributed by atoms with Crippen LogP contribution in [-0.4, -0.2) is 16.6 Å². The van der Waals surface area contributed by atoms with E-state index in [9.17, 15) is 4.79 Å². The van der Waals surface area contributed by atoms with Crippen LogP contribution in [0, 0.1) is 0 Å². The van der Waals surface area contributed by atoms with Crippen LogP contribution in [-0.2, 0) is 10.5 Å². The molecule has 3 rings (SSSR count). The number of methoxy groups -OCH3 is 1. The van der Waals surface area contributed by atoms with Gasteiger partial charge in [0.05, 0.1) is 7.11 Å². The predicted octanol–water partition coefficient (Wildman–Crippen LogP) is 5.16. The van der Waals surface area contributed by atoms with Crippen molar-refractivity contribution in [2.45, 2.75) is 5.75 Å². The Balaban J connectivity index is 1.60. The molecule has 1 aliphatic heterocycles. The minimum Gasteiger partial charge on any atom is -0.497 e. The number of rotatable bonds is 5. The first kappa shape index (κ1) is 17.6. The molecule has 0 radical (unpaired) electrons. The summed E-state index contributed by atoms with van der Waals surface area (Å²) in [6.07, 6.45) is 5.55. The highest BCUT2D eigenvalue weighted by Crippen LogP contribution is 2.31. The van der Waals surface area contributed by atoms with E-state index in [2.05, 4.69) is 17.1 Å². The zero-order valence-corrected chi connectivity index (χ0v) is 15.3. The van der Waals surface area contributed by atoms with Crippen molar-refractivity contribution >= 4 is 39.1 Å². The fraction of sp³-hybridized carbons (Fsp3) is 0.100. The largest absolute Gasteiger partial charge is 0.497 e. The molecular formula is C20H17NO2S2. The van der Waals surface area contributed by atoms with Gasteiger partial charge in [-0.15, -0.1) is 0 Å². The lowest BCUT2D eigenvalue weighted by molar-refractivity contribution is -0.107. The average Bonchev–Trinajstić information content (AvgIpc) is 3.01. The van der Waals surface area contributed by atoms with Crippen molar-refractivity contribution in [1.82, 2.24) is 0 Å². The first-order valence-corrected chi connectivity index (χ1v) is 9.55. The zero-order chi connectivity index (χ0) is 17.5. The van der Waals surface area contributed by atoms with Crippen molar-refractivity contribution in [3.63, 3.8) is 0 Å². The molecule has 0 bridgehead atoms. The number of aliphatic imine (C=N–C) groups is 1. The number of carbonyl (C=O) groups excluding carboxylic acids is 1. The molecule has 2 aromatic carbocycles. The van der Waals surface area contributed by atoms with Crippen LogP contribution in [0.3, 0.4) is 0 Å². The quantitative estimate of drug-likeness (QED) is 0.685. The minimum atomic E-state index is -0.00468. The minimum absolute atomic E-state index is 0.00468. The second-order valence-corrected chi connectivity index (χ2v) is 7.41. The number of hydrogen-bond donors (Lipinski definition) is 0. The summed E-state index contributed by atoms with van der Waals surface area (Å²) in [6.45, 7) is 0. The van der Waals surface area contributed by atoms with Crippen LogP contribution >= 0.6 is 23.5 Å². The van der Waals surface area contributed by atoms with Crippen LogP contribution in [0.2, 0.25) is 0 Å². The van der Waals surface area contributed by atoms with Crippen molar-refractivity contribution < 1.29 is 9.53 Å². The summed E-state index contributed by atoms with van der Waals surface area (Å²) in [7, 11) is 1.64. The van der Waals surface area contributed by atoms with E-state index in [-0.39, 0.29) is 5.12 Å². The van der Waals surface area contributed by atoms with Gasteiger partial charge in [-0.2, -0.15) is 0 Å². The Morgan fingerprint density at radius 3 is 2.60 bits per heavy atom. The Bertz CT molecular complexity index is 825. The van der Waals surface area contributed by atoms with E-state index >= 15 is 0 Å². The molecule has 0 aromatic heterocycles. The van der Waals surface area contributed by atoms with Gasteiger partial charge in [0.1, 0.15) is 15.8 Å². The number of hydrogen-bond acceptors (Lipinski definition) is 5. The molecule has 3 nitrogen and oxygen atoms in total. The molecule has 5 heteroatoms. The topological polar surface area (TPSA) is 38.7 Å². The lowest BCUT2D eigenvalue weighted by atomic mass is 10.2. The third kappa shape index (κ3) is 5.11. The Labute approximate surface area is 155 Å². The molecule has 0 spiro atoms. The maximum absolute atomic E-state index is 12.0. The third-order valence-corrected chi connectivity index (χ3v) is 5.54. The normalized spacial score (nSPS) is 15.8. The Hall–Kier alpha value is -2.24. The van der Waals surface area contributed by atoms with Gasteiger partial charge in [-0.05, 0) is 41.1 Å². The van der Waals surface area contributed by atoms with Gasteiger partial charge in [-0.25, -0.2) is 4.99 Å². The number of benzene rings is 2. The van der Waals surface area contributed by atoms with E-state index in [1.54, 1.807) is 24.9 Å². The van der Waals surface area contributed by atoms with Gasteiger partial charge in [0.15, 0.2) is 0 Å². The van der Waals surface area contributed by atoms with E-state index < -0.39 is 0 Å². The highest BCUT2D eigenvalue weighted by atomic mass is 32.2. The van der Waals surface area contributed by atoms with E-state index in [1.807, 2.05) is 54.6 Å². The maximum atomic E-state index is 12.0.